The predicted molar refractivity (Wildman–Crippen MR) is 108 cm³/mol. The molecule has 8 heteroatoms. The van der Waals surface area contributed by atoms with E-state index in [1.54, 1.807) is 13.8 Å². The van der Waals surface area contributed by atoms with E-state index in [1.807, 2.05) is 0 Å². The van der Waals surface area contributed by atoms with Gasteiger partial charge in [-0.2, -0.15) is 0 Å². The summed E-state index contributed by atoms with van der Waals surface area (Å²) in [5, 5.41) is 0. The van der Waals surface area contributed by atoms with E-state index < -0.39 is 0 Å². The first-order chi connectivity index (χ1) is 14.4. The second-order valence-electron chi connectivity index (χ2n) is 6.67. The number of aldehydes is 2. The van der Waals surface area contributed by atoms with E-state index >= 15 is 0 Å². The minimum absolute atomic E-state index is 0.156. The third-order valence-corrected chi connectivity index (χ3v) is 5.00. The molecule has 0 saturated carbocycles. The number of carbonyl (C=O) groups excluding carboxylic acids is 4. The Labute approximate surface area is 174 Å². The third-order valence-electron chi connectivity index (χ3n) is 5.00. The van der Waals surface area contributed by atoms with E-state index in [2.05, 4.69) is 31.3 Å². The number of carbonyl (C=O) groups is 4. The van der Waals surface area contributed by atoms with Crippen molar-refractivity contribution in [2.24, 2.45) is 0 Å². The van der Waals surface area contributed by atoms with Crippen molar-refractivity contribution >= 4 is 24.5 Å². The minimum Gasteiger partial charge on any atom is -0.469 e. The van der Waals surface area contributed by atoms with Crippen LogP contribution in [0, 0.1) is 25.7 Å². The topological polar surface area (TPSA) is 118 Å². The molecule has 2 aromatic rings. The molecule has 2 N–H and O–H groups in total. The number of methoxy groups -OCH3 is 2. The van der Waals surface area contributed by atoms with Gasteiger partial charge in [0, 0.05) is 12.8 Å². The normalized spacial score (nSPS) is 10.1. The van der Waals surface area contributed by atoms with Crippen LogP contribution in [0.3, 0.4) is 0 Å². The molecule has 0 saturated heterocycles. The molecule has 0 atom stereocenters. The van der Waals surface area contributed by atoms with Crippen LogP contribution in [0.1, 0.15) is 67.5 Å². The molecule has 0 aliphatic carbocycles. The first-order valence-electron chi connectivity index (χ1n) is 9.35. The Balaban J connectivity index is 2.43. The first kappa shape index (κ1) is 22.7. The summed E-state index contributed by atoms with van der Waals surface area (Å²) >= 11 is 0. The van der Waals surface area contributed by atoms with E-state index in [4.69, 9.17) is 0 Å². The summed E-state index contributed by atoms with van der Waals surface area (Å²) < 4.78 is 9.37. The fourth-order valence-corrected chi connectivity index (χ4v) is 3.17. The van der Waals surface area contributed by atoms with Crippen LogP contribution in [-0.2, 0) is 31.9 Å². The standard InChI is InChI=1S/C22H24N2O6/c1-13-15(5-9-21(27)29-3)17(23-19(13)11-25)7-8-18-16(6-10-22(28)30-4)14(2)20(12-26)24-18/h11-12,23-24H,5-6,9-10H2,1-4H3. The van der Waals surface area contributed by atoms with E-state index in [9.17, 15) is 19.2 Å². The molecule has 2 rings (SSSR count). The number of H-pyrrole nitrogens is 2. The maximum atomic E-state index is 11.5. The maximum absolute atomic E-state index is 11.5. The van der Waals surface area contributed by atoms with Crippen molar-refractivity contribution in [3.8, 4) is 11.8 Å². The number of ether oxygens (including phenoxy) is 2. The Kier molecular flexibility index (Phi) is 7.76. The van der Waals surface area contributed by atoms with Gasteiger partial charge in [-0.3, -0.25) is 19.2 Å². The molecule has 30 heavy (non-hydrogen) atoms. The Morgan fingerprint density at radius 1 is 0.800 bits per heavy atom. The van der Waals surface area contributed by atoms with Crippen LogP contribution in [0.15, 0.2) is 0 Å². The average Bonchev–Trinajstić information content (AvgIpc) is 3.23. The van der Waals surface area contributed by atoms with Gasteiger partial charge < -0.3 is 19.4 Å². The van der Waals surface area contributed by atoms with Crippen LogP contribution in [-0.4, -0.2) is 48.7 Å². The van der Waals surface area contributed by atoms with E-state index in [-0.39, 0.29) is 24.8 Å². The molecule has 0 aliphatic rings. The minimum atomic E-state index is -0.358. The number of rotatable bonds is 8. The molecular weight excluding hydrogens is 388 g/mol. The van der Waals surface area contributed by atoms with Crippen LogP contribution in [0.25, 0.3) is 0 Å². The third kappa shape index (κ3) is 5.06. The summed E-state index contributed by atoms with van der Waals surface area (Å²) in [5.41, 5.74) is 4.76. The van der Waals surface area contributed by atoms with Gasteiger partial charge in [0.05, 0.1) is 37.0 Å². The summed E-state index contributed by atoms with van der Waals surface area (Å²) in [6, 6.07) is 0. The van der Waals surface area contributed by atoms with Crippen LogP contribution in [0.4, 0.5) is 0 Å². The monoisotopic (exact) mass is 412 g/mol. The second-order valence-corrected chi connectivity index (χ2v) is 6.67. The van der Waals surface area contributed by atoms with Crippen LogP contribution in [0.5, 0.6) is 0 Å². The Morgan fingerprint density at radius 3 is 1.47 bits per heavy atom. The summed E-state index contributed by atoms with van der Waals surface area (Å²) in [4.78, 5) is 51.6. The lowest BCUT2D eigenvalue weighted by molar-refractivity contribution is -0.141. The fourth-order valence-electron chi connectivity index (χ4n) is 3.17. The van der Waals surface area contributed by atoms with E-state index in [0.29, 0.717) is 48.2 Å². The van der Waals surface area contributed by atoms with Gasteiger partial charge in [-0.15, -0.1) is 0 Å². The molecule has 158 valence electrons. The van der Waals surface area contributed by atoms with Crippen LogP contribution < -0.4 is 0 Å². The lowest BCUT2D eigenvalue weighted by Crippen LogP contribution is -2.03. The van der Waals surface area contributed by atoms with E-state index in [1.165, 1.54) is 14.2 Å². The highest BCUT2D eigenvalue weighted by atomic mass is 16.5. The highest BCUT2D eigenvalue weighted by Crippen LogP contribution is 2.21. The molecule has 0 radical (unpaired) electrons. The fraction of sp³-hybridized carbons (Fsp3) is 0.364. The Bertz CT molecular complexity index is 952. The lowest BCUT2D eigenvalue weighted by Gasteiger charge is -2.02. The average molecular weight is 412 g/mol. The van der Waals surface area contributed by atoms with Crippen molar-refractivity contribution in [2.75, 3.05) is 14.2 Å². The highest BCUT2D eigenvalue weighted by Gasteiger charge is 2.16. The molecular formula is C22H24N2O6. The zero-order valence-electron chi connectivity index (χ0n) is 17.4. The number of aromatic amines is 2. The van der Waals surface area contributed by atoms with E-state index in [0.717, 1.165) is 22.3 Å². The van der Waals surface area contributed by atoms with Gasteiger partial charge in [0.1, 0.15) is 0 Å². The number of esters is 2. The lowest BCUT2D eigenvalue weighted by atomic mass is 10.0. The maximum Gasteiger partial charge on any atom is 0.305 e. The number of aromatic nitrogens is 2. The first-order valence-corrected chi connectivity index (χ1v) is 9.35. The SMILES string of the molecule is COC(=O)CCc1c(C#Cc2[nH]c(C=O)c(C)c2CCC(=O)OC)[nH]c(C=O)c1C. The number of nitrogens with one attached hydrogen (secondary N) is 2. The molecule has 2 aromatic heterocycles. The van der Waals surface area contributed by atoms with Crippen molar-refractivity contribution in [2.45, 2.75) is 39.5 Å². The van der Waals surface area contributed by atoms with Crippen LogP contribution in [0.2, 0.25) is 0 Å². The Morgan fingerprint density at radius 2 is 1.17 bits per heavy atom. The molecule has 0 bridgehead atoms. The zero-order valence-corrected chi connectivity index (χ0v) is 17.4. The largest absolute Gasteiger partial charge is 0.469 e. The van der Waals surface area contributed by atoms with Crippen molar-refractivity contribution in [1.29, 1.82) is 0 Å². The quantitative estimate of drug-likeness (QED) is 0.390. The predicted octanol–water partition coefficient (Wildman–Crippen LogP) is 2.20. The van der Waals surface area contributed by atoms with Gasteiger partial charge in [-0.05, 0) is 60.8 Å². The highest BCUT2D eigenvalue weighted by molar-refractivity contribution is 5.78. The van der Waals surface area contributed by atoms with Crippen LogP contribution >= 0.6 is 0 Å². The zero-order chi connectivity index (χ0) is 22.3. The van der Waals surface area contributed by atoms with Crippen molar-refractivity contribution in [3.63, 3.8) is 0 Å². The molecule has 0 fully saturated rings. The van der Waals surface area contributed by atoms with Gasteiger partial charge >= 0.3 is 11.9 Å². The molecule has 0 aromatic carbocycles. The van der Waals surface area contributed by atoms with Gasteiger partial charge in [0.25, 0.3) is 0 Å². The summed E-state index contributed by atoms with van der Waals surface area (Å²) in [7, 11) is 2.63. The summed E-state index contributed by atoms with van der Waals surface area (Å²) in [6.45, 7) is 3.56. The number of hydrogen-bond donors (Lipinski definition) is 2. The summed E-state index contributed by atoms with van der Waals surface area (Å²) in [6.07, 6.45) is 2.45. The number of hydrogen-bond acceptors (Lipinski definition) is 6. The molecule has 0 unspecified atom stereocenters. The van der Waals surface area contributed by atoms with Gasteiger partial charge in [-0.25, -0.2) is 0 Å². The van der Waals surface area contributed by atoms with Crippen molar-refractivity contribution in [3.05, 3.63) is 45.0 Å². The Hall–Kier alpha value is -3.60. The van der Waals surface area contributed by atoms with Gasteiger partial charge in [0.15, 0.2) is 12.6 Å². The molecule has 8 nitrogen and oxygen atoms in total. The molecule has 0 aliphatic heterocycles. The molecule has 2 heterocycles. The smallest absolute Gasteiger partial charge is 0.305 e. The van der Waals surface area contributed by atoms with Gasteiger partial charge in [-0.1, -0.05) is 0 Å². The second kappa shape index (κ2) is 10.3. The van der Waals surface area contributed by atoms with Gasteiger partial charge in [0.2, 0.25) is 0 Å². The van der Waals surface area contributed by atoms with Crippen molar-refractivity contribution < 1.29 is 28.7 Å². The molecule has 0 spiro atoms. The molecule has 0 amide bonds. The van der Waals surface area contributed by atoms with Crippen molar-refractivity contribution in [1.82, 2.24) is 9.97 Å². The summed E-state index contributed by atoms with van der Waals surface area (Å²) in [5.74, 6) is 5.27.